The van der Waals surface area contributed by atoms with Crippen LogP contribution in [0, 0.1) is 8.99 Å². The van der Waals surface area contributed by atoms with Gasteiger partial charge in [-0.3, -0.25) is 9.59 Å². The monoisotopic (exact) mass is 387 g/mol. The van der Waals surface area contributed by atoms with E-state index in [4.69, 9.17) is 0 Å². The van der Waals surface area contributed by atoms with Gasteiger partial charge in [0.25, 0.3) is 5.91 Å². The lowest BCUT2D eigenvalue weighted by Gasteiger charge is -2.39. The fourth-order valence-corrected chi connectivity index (χ4v) is 3.27. The summed E-state index contributed by atoms with van der Waals surface area (Å²) in [6, 6.07) is 7.41. The first-order valence-electron chi connectivity index (χ1n) is 6.77. The van der Waals surface area contributed by atoms with Crippen molar-refractivity contribution in [3.05, 3.63) is 33.4 Å². The SMILES string of the molecule is CCC1(C(=O)O)CCCN(C(=O)c2cccc(I)c2)C1. The molecule has 1 fully saturated rings. The average molecular weight is 387 g/mol. The van der Waals surface area contributed by atoms with Crippen molar-refractivity contribution in [1.82, 2.24) is 4.90 Å². The highest BCUT2D eigenvalue weighted by Crippen LogP contribution is 2.34. The molecule has 5 heteroatoms. The third-order valence-corrected chi connectivity index (χ3v) is 4.74. The molecule has 0 aliphatic carbocycles. The van der Waals surface area contributed by atoms with E-state index in [1.807, 2.05) is 25.1 Å². The summed E-state index contributed by atoms with van der Waals surface area (Å²) in [6.07, 6.45) is 1.95. The summed E-state index contributed by atoms with van der Waals surface area (Å²) < 4.78 is 1.01. The number of carbonyl (C=O) groups excluding carboxylic acids is 1. The lowest BCUT2D eigenvalue weighted by atomic mass is 9.77. The zero-order valence-corrected chi connectivity index (χ0v) is 13.6. The van der Waals surface area contributed by atoms with Gasteiger partial charge in [-0.05, 0) is 60.1 Å². The second-order valence-electron chi connectivity index (χ2n) is 5.28. The van der Waals surface area contributed by atoms with Crippen molar-refractivity contribution < 1.29 is 14.7 Å². The maximum absolute atomic E-state index is 12.5. The molecule has 0 saturated carbocycles. The number of likely N-dealkylation sites (tertiary alicyclic amines) is 1. The van der Waals surface area contributed by atoms with Crippen molar-refractivity contribution in [3.63, 3.8) is 0 Å². The molecule has 108 valence electrons. The van der Waals surface area contributed by atoms with Gasteiger partial charge in [0, 0.05) is 22.2 Å². The molecule has 1 atom stereocenters. The van der Waals surface area contributed by atoms with Crippen LogP contribution >= 0.6 is 22.6 Å². The molecule has 0 radical (unpaired) electrons. The Bertz CT molecular complexity index is 532. The van der Waals surface area contributed by atoms with E-state index in [0.717, 1.165) is 9.99 Å². The molecule has 1 unspecified atom stereocenters. The van der Waals surface area contributed by atoms with Crippen LogP contribution in [-0.2, 0) is 4.79 Å². The first-order chi connectivity index (χ1) is 9.48. The Kier molecular flexibility index (Phi) is 4.67. The van der Waals surface area contributed by atoms with Crippen molar-refractivity contribution in [2.75, 3.05) is 13.1 Å². The summed E-state index contributed by atoms with van der Waals surface area (Å²) >= 11 is 2.17. The number of hydrogen-bond donors (Lipinski definition) is 1. The first kappa shape index (κ1) is 15.3. The molecule has 1 amide bonds. The van der Waals surface area contributed by atoms with Crippen LogP contribution in [0.5, 0.6) is 0 Å². The second-order valence-corrected chi connectivity index (χ2v) is 6.53. The molecule has 1 heterocycles. The molecular formula is C15H18INO3. The van der Waals surface area contributed by atoms with Crippen LogP contribution < -0.4 is 0 Å². The average Bonchev–Trinajstić information content (AvgIpc) is 2.46. The van der Waals surface area contributed by atoms with Crippen LogP contribution in [0.1, 0.15) is 36.5 Å². The maximum Gasteiger partial charge on any atom is 0.311 e. The van der Waals surface area contributed by atoms with Crippen LogP contribution in [0.3, 0.4) is 0 Å². The summed E-state index contributed by atoms with van der Waals surface area (Å²) in [7, 11) is 0. The van der Waals surface area contributed by atoms with E-state index in [9.17, 15) is 14.7 Å². The molecule has 1 saturated heterocycles. The molecule has 1 aliphatic heterocycles. The summed E-state index contributed by atoms with van der Waals surface area (Å²) in [5.74, 6) is -0.859. The van der Waals surface area contributed by atoms with E-state index in [1.54, 1.807) is 11.0 Å². The Balaban J connectivity index is 2.21. The summed E-state index contributed by atoms with van der Waals surface area (Å²) in [5.41, 5.74) is -0.148. The number of piperidine rings is 1. The standard InChI is InChI=1S/C15H18INO3/c1-2-15(14(19)20)7-4-8-17(10-15)13(18)11-5-3-6-12(16)9-11/h3,5-6,9H,2,4,7-8,10H2,1H3,(H,19,20). The van der Waals surface area contributed by atoms with E-state index < -0.39 is 11.4 Å². The van der Waals surface area contributed by atoms with E-state index in [0.29, 0.717) is 31.5 Å². The number of halogens is 1. The molecule has 4 nitrogen and oxygen atoms in total. The number of aliphatic carboxylic acids is 1. The molecule has 0 aromatic heterocycles. The van der Waals surface area contributed by atoms with Crippen LogP contribution in [-0.4, -0.2) is 35.0 Å². The lowest BCUT2D eigenvalue weighted by Crippen LogP contribution is -2.49. The Hall–Kier alpha value is -1.11. The zero-order chi connectivity index (χ0) is 14.8. The Morgan fingerprint density at radius 1 is 1.45 bits per heavy atom. The van der Waals surface area contributed by atoms with E-state index in [2.05, 4.69) is 22.6 Å². The van der Waals surface area contributed by atoms with Crippen LogP contribution in [0.2, 0.25) is 0 Å². The number of hydrogen-bond acceptors (Lipinski definition) is 2. The highest BCUT2D eigenvalue weighted by atomic mass is 127. The second kappa shape index (κ2) is 6.11. The van der Waals surface area contributed by atoms with Gasteiger partial charge in [-0.25, -0.2) is 0 Å². The molecule has 1 aromatic carbocycles. The minimum Gasteiger partial charge on any atom is -0.481 e. The molecule has 1 aromatic rings. The van der Waals surface area contributed by atoms with Gasteiger partial charge in [-0.2, -0.15) is 0 Å². The van der Waals surface area contributed by atoms with Crippen molar-refractivity contribution in [1.29, 1.82) is 0 Å². The summed E-state index contributed by atoms with van der Waals surface area (Å²) in [5, 5.41) is 9.46. The van der Waals surface area contributed by atoms with E-state index in [1.165, 1.54) is 0 Å². The molecule has 0 bridgehead atoms. The quantitative estimate of drug-likeness (QED) is 0.812. The maximum atomic E-state index is 12.5. The molecular weight excluding hydrogens is 369 g/mol. The fourth-order valence-electron chi connectivity index (χ4n) is 2.72. The largest absolute Gasteiger partial charge is 0.481 e. The number of rotatable bonds is 3. The van der Waals surface area contributed by atoms with Crippen molar-refractivity contribution in [3.8, 4) is 0 Å². The predicted molar refractivity (Wildman–Crippen MR) is 84.7 cm³/mol. The van der Waals surface area contributed by atoms with Crippen molar-refractivity contribution in [2.24, 2.45) is 5.41 Å². The van der Waals surface area contributed by atoms with Gasteiger partial charge >= 0.3 is 5.97 Å². The Morgan fingerprint density at radius 3 is 2.80 bits per heavy atom. The highest BCUT2D eigenvalue weighted by molar-refractivity contribution is 14.1. The Morgan fingerprint density at radius 2 is 2.20 bits per heavy atom. The molecule has 0 spiro atoms. The smallest absolute Gasteiger partial charge is 0.311 e. The number of amides is 1. The number of benzene rings is 1. The van der Waals surface area contributed by atoms with Crippen molar-refractivity contribution in [2.45, 2.75) is 26.2 Å². The predicted octanol–water partition coefficient (Wildman–Crippen LogP) is 3.01. The van der Waals surface area contributed by atoms with Crippen LogP contribution in [0.15, 0.2) is 24.3 Å². The minimum atomic E-state index is -0.792. The number of carboxylic acid groups (broad SMARTS) is 1. The van der Waals surface area contributed by atoms with Crippen LogP contribution in [0.25, 0.3) is 0 Å². The first-order valence-corrected chi connectivity index (χ1v) is 7.84. The molecule has 2 rings (SSSR count). The number of carbonyl (C=O) groups is 2. The van der Waals surface area contributed by atoms with Gasteiger partial charge in [0.15, 0.2) is 0 Å². The van der Waals surface area contributed by atoms with Gasteiger partial charge in [-0.15, -0.1) is 0 Å². The van der Waals surface area contributed by atoms with Gasteiger partial charge in [0.1, 0.15) is 0 Å². The Labute approximate surface area is 132 Å². The zero-order valence-electron chi connectivity index (χ0n) is 11.4. The summed E-state index contributed by atoms with van der Waals surface area (Å²) in [6.45, 7) is 2.83. The minimum absolute atomic E-state index is 0.0673. The molecule has 20 heavy (non-hydrogen) atoms. The normalized spacial score (nSPS) is 22.6. The lowest BCUT2D eigenvalue weighted by molar-refractivity contribution is -0.152. The number of nitrogens with zero attached hydrogens (tertiary/aromatic N) is 1. The van der Waals surface area contributed by atoms with Gasteiger partial charge in [0.05, 0.1) is 5.41 Å². The van der Waals surface area contributed by atoms with Crippen molar-refractivity contribution >= 4 is 34.5 Å². The fraction of sp³-hybridized carbons (Fsp3) is 0.467. The van der Waals surface area contributed by atoms with Gasteiger partial charge in [-0.1, -0.05) is 13.0 Å². The van der Waals surface area contributed by atoms with E-state index >= 15 is 0 Å². The number of carboxylic acids is 1. The third-order valence-electron chi connectivity index (χ3n) is 4.07. The van der Waals surface area contributed by atoms with Gasteiger partial charge < -0.3 is 10.0 Å². The molecule has 1 N–H and O–H groups in total. The molecule has 1 aliphatic rings. The summed E-state index contributed by atoms with van der Waals surface area (Å²) in [4.78, 5) is 25.7. The van der Waals surface area contributed by atoms with Gasteiger partial charge in [0.2, 0.25) is 0 Å². The van der Waals surface area contributed by atoms with E-state index in [-0.39, 0.29) is 5.91 Å². The topological polar surface area (TPSA) is 57.6 Å². The third kappa shape index (κ3) is 2.97. The highest BCUT2D eigenvalue weighted by Gasteiger charge is 2.42. The van der Waals surface area contributed by atoms with Crippen LogP contribution in [0.4, 0.5) is 0 Å².